The van der Waals surface area contributed by atoms with Crippen molar-refractivity contribution in [2.45, 2.75) is 33.1 Å². The van der Waals surface area contributed by atoms with Crippen LogP contribution in [0, 0.1) is 0 Å². The van der Waals surface area contributed by atoms with Gasteiger partial charge >= 0.3 is 5.97 Å². The van der Waals surface area contributed by atoms with Crippen LogP contribution in [0.1, 0.15) is 42.6 Å². The highest BCUT2D eigenvalue weighted by Gasteiger charge is 2.14. The van der Waals surface area contributed by atoms with Gasteiger partial charge in [0.05, 0.1) is 19.6 Å². The van der Waals surface area contributed by atoms with Crippen LogP contribution in [0.25, 0.3) is 0 Å². The lowest BCUT2D eigenvalue weighted by molar-refractivity contribution is -0.136. The highest BCUT2D eigenvalue weighted by Crippen LogP contribution is 2.29. The lowest BCUT2D eigenvalue weighted by Crippen LogP contribution is -2.15. The van der Waals surface area contributed by atoms with Crippen molar-refractivity contribution in [1.29, 1.82) is 0 Å². The summed E-state index contributed by atoms with van der Waals surface area (Å²) >= 11 is 0. The summed E-state index contributed by atoms with van der Waals surface area (Å²) in [4.78, 5) is 23.6. The molecule has 0 radical (unpaired) electrons. The summed E-state index contributed by atoms with van der Waals surface area (Å²) < 4.78 is 11.3. The highest BCUT2D eigenvalue weighted by molar-refractivity contribution is 6.05. The van der Waals surface area contributed by atoms with Crippen LogP contribution in [0.5, 0.6) is 11.5 Å². The van der Waals surface area contributed by atoms with Gasteiger partial charge in [0.1, 0.15) is 0 Å². The van der Waals surface area contributed by atoms with E-state index in [2.05, 4.69) is 12.2 Å². The minimum Gasteiger partial charge on any atom is -0.490 e. The number of anilines is 1. The zero-order valence-corrected chi connectivity index (χ0v) is 15.7. The molecule has 0 heterocycles. The van der Waals surface area contributed by atoms with E-state index >= 15 is 0 Å². The third-order valence-corrected chi connectivity index (χ3v) is 3.87. The van der Waals surface area contributed by atoms with Crippen molar-refractivity contribution in [1.82, 2.24) is 0 Å². The van der Waals surface area contributed by atoms with Crippen LogP contribution in [-0.2, 0) is 11.2 Å². The monoisotopic (exact) mass is 371 g/mol. The maximum Gasteiger partial charge on any atom is 0.307 e. The average molecular weight is 371 g/mol. The van der Waals surface area contributed by atoms with E-state index in [0.717, 1.165) is 12.8 Å². The van der Waals surface area contributed by atoms with Gasteiger partial charge in [-0.15, -0.1) is 0 Å². The van der Waals surface area contributed by atoms with E-state index < -0.39 is 5.97 Å². The van der Waals surface area contributed by atoms with Gasteiger partial charge < -0.3 is 19.9 Å². The number of carbonyl (C=O) groups is 2. The first-order valence-electron chi connectivity index (χ1n) is 9.05. The number of carboxylic acid groups (broad SMARTS) is 1. The molecule has 2 rings (SSSR count). The first-order chi connectivity index (χ1) is 13.0. The molecule has 0 fully saturated rings. The number of benzene rings is 2. The number of hydrogen-bond donors (Lipinski definition) is 2. The Hall–Kier alpha value is -3.02. The highest BCUT2D eigenvalue weighted by atomic mass is 16.5. The molecule has 0 aliphatic rings. The van der Waals surface area contributed by atoms with E-state index in [0.29, 0.717) is 41.5 Å². The molecule has 144 valence electrons. The molecular weight excluding hydrogens is 346 g/mol. The van der Waals surface area contributed by atoms with Gasteiger partial charge in [0.25, 0.3) is 5.91 Å². The van der Waals surface area contributed by atoms with Gasteiger partial charge in [-0.2, -0.15) is 0 Å². The second-order valence-corrected chi connectivity index (χ2v) is 5.98. The normalized spacial score (nSPS) is 10.3. The summed E-state index contributed by atoms with van der Waals surface area (Å²) in [6.45, 7) is 4.99. The number of carboxylic acids is 1. The summed E-state index contributed by atoms with van der Waals surface area (Å²) in [5.41, 5.74) is 1.43. The first kappa shape index (κ1) is 20.3. The van der Waals surface area contributed by atoms with E-state index in [1.54, 1.807) is 42.5 Å². The van der Waals surface area contributed by atoms with Crippen molar-refractivity contribution >= 4 is 17.6 Å². The molecule has 2 N–H and O–H groups in total. The third-order valence-electron chi connectivity index (χ3n) is 3.87. The van der Waals surface area contributed by atoms with Crippen molar-refractivity contribution in [2.75, 3.05) is 18.5 Å². The molecule has 0 aliphatic heterocycles. The second kappa shape index (κ2) is 10.2. The molecule has 2 aromatic rings. The molecule has 0 unspecified atom stereocenters. The molecule has 0 spiro atoms. The molecule has 0 atom stereocenters. The largest absolute Gasteiger partial charge is 0.490 e. The Bertz CT molecular complexity index is 788. The van der Waals surface area contributed by atoms with Gasteiger partial charge in [0.15, 0.2) is 11.5 Å². The van der Waals surface area contributed by atoms with E-state index in [9.17, 15) is 9.59 Å². The molecule has 2 aromatic carbocycles. The van der Waals surface area contributed by atoms with Crippen molar-refractivity contribution in [3.8, 4) is 11.5 Å². The number of rotatable bonds is 10. The fourth-order valence-corrected chi connectivity index (χ4v) is 2.52. The summed E-state index contributed by atoms with van der Waals surface area (Å²) in [5, 5.41) is 11.8. The van der Waals surface area contributed by atoms with Crippen LogP contribution in [0.4, 0.5) is 5.69 Å². The molecule has 6 nitrogen and oxygen atoms in total. The standard InChI is InChI=1S/C21H25NO5/c1-3-5-12-27-18-11-10-16(13-19(18)26-4-2)21(25)22-17-9-7-6-8-15(17)14-20(23)24/h6-11,13H,3-5,12,14H2,1-2H3,(H,22,25)(H,23,24). The molecule has 0 aliphatic carbocycles. The van der Waals surface area contributed by atoms with Gasteiger partial charge in [-0.1, -0.05) is 31.5 Å². The molecule has 6 heteroatoms. The number of nitrogens with one attached hydrogen (secondary N) is 1. The van der Waals surface area contributed by atoms with Gasteiger partial charge in [0.2, 0.25) is 0 Å². The Morgan fingerprint density at radius 1 is 1.04 bits per heavy atom. The van der Waals surface area contributed by atoms with Crippen LogP contribution in [0.2, 0.25) is 0 Å². The number of aliphatic carboxylic acids is 1. The third kappa shape index (κ3) is 6.02. The Morgan fingerprint density at radius 2 is 1.81 bits per heavy atom. The fourth-order valence-electron chi connectivity index (χ4n) is 2.52. The summed E-state index contributed by atoms with van der Waals surface area (Å²) in [6.07, 6.45) is 1.80. The van der Waals surface area contributed by atoms with Gasteiger partial charge in [-0.3, -0.25) is 9.59 Å². The van der Waals surface area contributed by atoms with Crippen LogP contribution in [-0.4, -0.2) is 30.2 Å². The van der Waals surface area contributed by atoms with Gasteiger partial charge in [-0.25, -0.2) is 0 Å². The Labute approximate surface area is 159 Å². The number of hydrogen-bond acceptors (Lipinski definition) is 4. The minimum atomic E-state index is -0.955. The van der Waals surface area contributed by atoms with Crippen LogP contribution in [0.15, 0.2) is 42.5 Å². The fraction of sp³-hybridized carbons (Fsp3) is 0.333. The zero-order chi connectivity index (χ0) is 19.6. The molecule has 1 amide bonds. The minimum absolute atomic E-state index is 0.162. The second-order valence-electron chi connectivity index (χ2n) is 5.98. The summed E-state index contributed by atoms with van der Waals surface area (Å²) in [5.74, 6) is -0.175. The molecule has 0 bridgehead atoms. The molecule has 0 saturated carbocycles. The van der Waals surface area contributed by atoms with Crippen molar-refractivity contribution in [3.05, 3.63) is 53.6 Å². The molecular formula is C21H25NO5. The number of ether oxygens (including phenoxy) is 2. The van der Waals surface area contributed by atoms with E-state index in [1.807, 2.05) is 6.92 Å². The van der Waals surface area contributed by atoms with E-state index in [-0.39, 0.29) is 12.3 Å². The number of amides is 1. The zero-order valence-electron chi connectivity index (χ0n) is 15.7. The first-order valence-corrected chi connectivity index (χ1v) is 9.05. The Kier molecular flexibility index (Phi) is 7.67. The van der Waals surface area contributed by atoms with Crippen LogP contribution < -0.4 is 14.8 Å². The maximum absolute atomic E-state index is 12.6. The van der Waals surface area contributed by atoms with Crippen molar-refractivity contribution in [2.24, 2.45) is 0 Å². The SMILES string of the molecule is CCCCOc1ccc(C(=O)Nc2ccccc2CC(=O)O)cc1OCC. The quantitative estimate of drug-likeness (QED) is 0.613. The van der Waals surface area contributed by atoms with Crippen molar-refractivity contribution in [3.63, 3.8) is 0 Å². The van der Waals surface area contributed by atoms with Crippen molar-refractivity contribution < 1.29 is 24.2 Å². The summed E-state index contributed by atoms with van der Waals surface area (Å²) in [6, 6.07) is 11.9. The van der Waals surface area contributed by atoms with Gasteiger partial charge in [0, 0.05) is 11.3 Å². The summed E-state index contributed by atoms with van der Waals surface area (Å²) in [7, 11) is 0. The predicted molar refractivity (Wildman–Crippen MR) is 104 cm³/mol. The average Bonchev–Trinajstić information content (AvgIpc) is 2.64. The van der Waals surface area contributed by atoms with E-state index in [1.165, 1.54) is 0 Å². The topological polar surface area (TPSA) is 84.9 Å². The van der Waals surface area contributed by atoms with E-state index in [4.69, 9.17) is 14.6 Å². The van der Waals surface area contributed by atoms with Crippen LogP contribution in [0.3, 0.4) is 0 Å². The number of para-hydroxylation sites is 1. The van der Waals surface area contributed by atoms with Gasteiger partial charge in [-0.05, 0) is 43.2 Å². The number of carbonyl (C=O) groups excluding carboxylic acids is 1. The molecule has 27 heavy (non-hydrogen) atoms. The molecule has 0 saturated heterocycles. The lowest BCUT2D eigenvalue weighted by atomic mass is 10.1. The van der Waals surface area contributed by atoms with Crippen LogP contribution >= 0.6 is 0 Å². The smallest absolute Gasteiger partial charge is 0.307 e. The lowest BCUT2D eigenvalue weighted by Gasteiger charge is -2.14. The predicted octanol–water partition coefficient (Wildman–Crippen LogP) is 4.14. The Balaban J connectivity index is 2.19. The maximum atomic E-state index is 12.6. The Morgan fingerprint density at radius 3 is 2.52 bits per heavy atom. The molecule has 0 aromatic heterocycles. The number of unbranched alkanes of at least 4 members (excludes halogenated alkanes) is 1.